The third kappa shape index (κ3) is 6.00. The molecule has 4 rings (SSSR count). The second kappa shape index (κ2) is 10.5. The molecule has 0 amide bonds. The van der Waals surface area contributed by atoms with Crippen LogP contribution in [0.3, 0.4) is 0 Å². The quantitative estimate of drug-likeness (QED) is 0.449. The number of rotatable bonds is 6. The molecule has 168 valence electrons. The Hall–Kier alpha value is -0.0800. The van der Waals surface area contributed by atoms with Gasteiger partial charge in [-0.25, -0.2) is 0 Å². The van der Waals surface area contributed by atoms with Crippen LogP contribution in [0, 0.1) is 17.3 Å². The van der Waals surface area contributed by atoms with Crippen LogP contribution in [0.15, 0.2) is 0 Å². The van der Waals surface area contributed by atoms with Gasteiger partial charge in [-0.2, -0.15) is 0 Å². The number of hydrogen-bond acceptors (Lipinski definition) is 2. The molecular weight excluding hydrogens is 356 g/mol. The summed E-state index contributed by atoms with van der Waals surface area (Å²) in [5.41, 5.74) is 0.492. The topological polar surface area (TPSA) is 18.5 Å². The van der Waals surface area contributed by atoms with Gasteiger partial charge in [-0.05, 0) is 94.3 Å². The third-order valence-corrected chi connectivity index (χ3v) is 9.33. The Morgan fingerprint density at radius 2 is 0.724 bits per heavy atom. The van der Waals surface area contributed by atoms with E-state index in [9.17, 15) is 0 Å². The van der Waals surface area contributed by atoms with Crippen molar-refractivity contribution >= 4 is 0 Å². The van der Waals surface area contributed by atoms with Gasteiger partial charge in [0, 0.05) is 0 Å². The molecular formula is C27H48O2. The first kappa shape index (κ1) is 22.1. The molecule has 4 fully saturated rings. The summed E-state index contributed by atoms with van der Waals surface area (Å²) in [6.45, 7) is 5.18. The average molecular weight is 405 g/mol. The fourth-order valence-corrected chi connectivity index (χ4v) is 7.17. The molecule has 0 bridgehead atoms. The van der Waals surface area contributed by atoms with E-state index in [-0.39, 0.29) is 0 Å². The van der Waals surface area contributed by atoms with Crippen LogP contribution >= 0.6 is 0 Å². The molecule has 0 heterocycles. The molecule has 4 aliphatic rings. The van der Waals surface area contributed by atoms with Crippen LogP contribution in [0.1, 0.15) is 129 Å². The van der Waals surface area contributed by atoms with Gasteiger partial charge in [-0.15, -0.1) is 0 Å². The zero-order chi connectivity index (χ0) is 20.1. The Kier molecular flexibility index (Phi) is 8.00. The van der Waals surface area contributed by atoms with Gasteiger partial charge < -0.3 is 9.47 Å². The zero-order valence-electron chi connectivity index (χ0n) is 19.5. The van der Waals surface area contributed by atoms with E-state index in [0.717, 1.165) is 11.8 Å². The lowest BCUT2D eigenvalue weighted by Gasteiger charge is -2.47. The maximum absolute atomic E-state index is 6.51. The maximum atomic E-state index is 6.51. The van der Waals surface area contributed by atoms with Crippen LogP contribution < -0.4 is 0 Å². The minimum atomic E-state index is 0.492. The zero-order valence-corrected chi connectivity index (χ0v) is 19.5. The molecule has 29 heavy (non-hydrogen) atoms. The molecule has 0 aliphatic heterocycles. The fourth-order valence-electron chi connectivity index (χ4n) is 7.17. The second-order valence-electron chi connectivity index (χ2n) is 11.6. The first-order chi connectivity index (χ1) is 14.1. The molecule has 0 aromatic heterocycles. The van der Waals surface area contributed by atoms with Crippen molar-refractivity contribution in [2.24, 2.45) is 17.3 Å². The van der Waals surface area contributed by atoms with Crippen LogP contribution in [0.25, 0.3) is 0 Å². The van der Waals surface area contributed by atoms with Gasteiger partial charge in [0.15, 0.2) is 0 Å². The van der Waals surface area contributed by atoms with Crippen molar-refractivity contribution in [3.8, 4) is 0 Å². The first-order valence-electron chi connectivity index (χ1n) is 13.4. The molecule has 4 aliphatic carbocycles. The van der Waals surface area contributed by atoms with E-state index >= 15 is 0 Å². The lowest BCUT2D eigenvalue weighted by Crippen LogP contribution is -2.40. The summed E-state index contributed by atoms with van der Waals surface area (Å²) < 4.78 is 13.0. The van der Waals surface area contributed by atoms with Gasteiger partial charge in [-0.3, -0.25) is 0 Å². The fraction of sp³-hybridized carbons (Fsp3) is 1.00. The van der Waals surface area contributed by atoms with Crippen LogP contribution in [0.2, 0.25) is 0 Å². The minimum absolute atomic E-state index is 0.492. The Morgan fingerprint density at radius 3 is 1.07 bits per heavy atom. The van der Waals surface area contributed by atoms with Crippen molar-refractivity contribution in [2.75, 3.05) is 0 Å². The standard InChI is InChI=1S/C27H48O2/c1-27(2,21-13-17-25(18-14-21)28-23-9-5-3-6-10-23)22-15-19-26(20-16-22)29-24-11-7-4-8-12-24/h21-26H,3-20H2,1-2H3. The smallest absolute Gasteiger partial charge is 0.0579 e. The van der Waals surface area contributed by atoms with Gasteiger partial charge in [0.1, 0.15) is 0 Å². The molecule has 0 aromatic rings. The highest BCUT2D eigenvalue weighted by atomic mass is 16.5. The van der Waals surface area contributed by atoms with Gasteiger partial charge in [0.05, 0.1) is 24.4 Å². The van der Waals surface area contributed by atoms with E-state index in [4.69, 9.17) is 9.47 Å². The lowest BCUT2D eigenvalue weighted by atomic mass is 9.60. The molecule has 0 radical (unpaired) electrons. The summed E-state index contributed by atoms with van der Waals surface area (Å²) in [5, 5.41) is 0. The Bertz CT molecular complexity index is 417. The molecule has 0 unspecified atom stereocenters. The van der Waals surface area contributed by atoms with E-state index in [1.807, 2.05) is 0 Å². The van der Waals surface area contributed by atoms with Crippen LogP contribution in [-0.2, 0) is 9.47 Å². The average Bonchev–Trinajstić information content (AvgIpc) is 2.76. The highest BCUT2D eigenvalue weighted by molar-refractivity contribution is 4.91. The summed E-state index contributed by atoms with van der Waals surface area (Å²) >= 11 is 0. The summed E-state index contributed by atoms with van der Waals surface area (Å²) in [7, 11) is 0. The van der Waals surface area contributed by atoms with E-state index in [1.54, 1.807) is 0 Å². The first-order valence-corrected chi connectivity index (χ1v) is 13.4. The number of hydrogen-bond donors (Lipinski definition) is 0. The van der Waals surface area contributed by atoms with Crippen molar-refractivity contribution < 1.29 is 9.47 Å². The van der Waals surface area contributed by atoms with Crippen LogP contribution in [0.4, 0.5) is 0 Å². The van der Waals surface area contributed by atoms with Crippen molar-refractivity contribution in [1.82, 2.24) is 0 Å². The van der Waals surface area contributed by atoms with Gasteiger partial charge in [0.2, 0.25) is 0 Å². The molecule has 2 nitrogen and oxygen atoms in total. The molecule has 0 N–H and O–H groups in total. The Morgan fingerprint density at radius 1 is 0.414 bits per heavy atom. The normalized spacial score (nSPS) is 36.2. The van der Waals surface area contributed by atoms with Gasteiger partial charge in [-0.1, -0.05) is 52.4 Å². The molecule has 0 saturated heterocycles. The largest absolute Gasteiger partial charge is 0.375 e. The lowest BCUT2D eigenvalue weighted by molar-refractivity contribution is -0.0778. The molecule has 0 aromatic carbocycles. The number of ether oxygens (including phenoxy) is 2. The van der Waals surface area contributed by atoms with Crippen LogP contribution in [0.5, 0.6) is 0 Å². The highest BCUT2D eigenvalue weighted by Gasteiger charge is 2.41. The third-order valence-electron chi connectivity index (χ3n) is 9.33. The predicted octanol–water partition coefficient (Wildman–Crippen LogP) is 7.83. The van der Waals surface area contributed by atoms with Gasteiger partial charge in [0.25, 0.3) is 0 Å². The van der Waals surface area contributed by atoms with Crippen molar-refractivity contribution in [3.63, 3.8) is 0 Å². The molecule has 4 saturated carbocycles. The Balaban J connectivity index is 1.19. The summed E-state index contributed by atoms with van der Waals surface area (Å²) in [5.74, 6) is 1.80. The Labute approximate surface area is 180 Å². The second-order valence-corrected chi connectivity index (χ2v) is 11.6. The predicted molar refractivity (Wildman–Crippen MR) is 121 cm³/mol. The summed E-state index contributed by atoms with van der Waals surface area (Å²) in [6.07, 6.45) is 26.8. The maximum Gasteiger partial charge on any atom is 0.0579 e. The monoisotopic (exact) mass is 404 g/mol. The molecule has 0 atom stereocenters. The molecule has 2 heteroatoms. The van der Waals surface area contributed by atoms with E-state index < -0.39 is 0 Å². The minimum Gasteiger partial charge on any atom is -0.375 e. The van der Waals surface area contributed by atoms with Gasteiger partial charge >= 0.3 is 0 Å². The van der Waals surface area contributed by atoms with E-state index in [2.05, 4.69) is 13.8 Å². The summed E-state index contributed by atoms with van der Waals surface area (Å²) in [4.78, 5) is 0. The van der Waals surface area contributed by atoms with Crippen molar-refractivity contribution in [1.29, 1.82) is 0 Å². The SMILES string of the molecule is CC(C)(C1CCC(OC2CCCCC2)CC1)C1CCC(OC2CCCCC2)CC1. The molecule has 0 spiro atoms. The summed E-state index contributed by atoms with van der Waals surface area (Å²) in [6, 6.07) is 0. The highest BCUT2D eigenvalue weighted by Crippen LogP contribution is 2.49. The van der Waals surface area contributed by atoms with Crippen molar-refractivity contribution in [2.45, 2.75) is 154 Å². The van der Waals surface area contributed by atoms with E-state index in [1.165, 1.54) is 116 Å². The van der Waals surface area contributed by atoms with Crippen LogP contribution in [-0.4, -0.2) is 24.4 Å². The van der Waals surface area contributed by atoms with E-state index in [0.29, 0.717) is 29.8 Å². The van der Waals surface area contributed by atoms with Crippen molar-refractivity contribution in [3.05, 3.63) is 0 Å².